The van der Waals surface area contributed by atoms with Gasteiger partial charge in [-0.25, -0.2) is 0 Å². The monoisotopic (exact) mass is 179 g/mol. The van der Waals surface area contributed by atoms with E-state index >= 15 is 0 Å². The van der Waals surface area contributed by atoms with Gasteiger partial charge in [0, 0.05) is 18.5 Å². The predicted octanol–water partition coefficient (Wildman–Crippen LogP) is 1.50. The van der Waals surface area contributed by atoms with E-state index in [2.05, 4.69) is 36.5 Å². The smallest absolute Gasteiger partial charge is 0.0765 e. The van der Waals surface area contributed by atoms with Gasteiger partial charge in [0.25, 0.3) is 0 Å². The van der Waals surface area contributed by atoms with Crippen LogP contribution in [0.3, 0.4) is 0 Å². The van der Waals surface area contributed by atoms with E-state index in [1.807, 2.05) is 0 Å². The molecule has 1 heterocycles. The van der Waals surface area contributed by atoms with Crippen molar-refractivity contribution in [2.24, 2.45) is 5.92 Å². The first kappa shape index (κ1) is 8.97. The SMILES string of the molecule is C[C@@H]1CO[C@@H](C2C=CC=CC2)CN1. The van der Waals surface area contributed by atoms with Gasteiger partial charge in [-0.15, -0.1) is 0 Å². The second-order valence-corrected chi connectivity index (χ2v) is 3.89. The van der Waals surface area contributed by atoms with Crippen LogP contribution in [0.5, 0.6) is 0 Å². The van der Waals surface area contributed by atoms with Crippen LogP contribution in [0.1, 0.15) is 13.3 Å². The summed E-state index contributed by atoms with van der Waals surface area (Å²) in [4.78, 5) is 0. The van der Waals surface area contributed by atoms with E-state index in [1.54, 1.807) is 0 Å². The Morgan fingerprint density at radius 3 is 2.92 bits per heavy atom. The fourth-order valence-corrected chi connectivity index (χ4v) is 1.85. The standard InChI is InChI=1S/C11H17NO/c1-9-8-13-11(7-12-9)10-5-3-2-4-6-10/h2-5,9-12H,6-8H2,1H3/t9-,10?,11-/m1/s1. The Morgan fingerprint density at radius 1 is 1.38 bits per heavy atom. The zero-order chi connectivity index (χ0) is 9.10. The summed E-state index contributed by atoms with van der Waals surface area (Å²) < 4.78 is 5.78. The van der Waals surface area contributed by atoms with Crippen LogP contribution in [0, 0.1) is 5.92 Å². The average molecular weight is 179 g/mol. The lowest BCUT2D eigenvalue weighted by Gasteiger charge is -2.32. The Labute approximate surface area is 79.7 Å². The molecule has 1 aliphatic carbocycles. The molecule has 2 nitrogen and oxygen atoms in total. The van der Waals surface area contributed by atoms with E-state index in [0.29, 0.717) is 18.1 Å². The molecule has 1 unspecified atom stereocenters. The summed E-state index contributed by atoms with van der Waals surface area (Å²) in [7, 11) is 0. The Balaban J connectivity index is 1.87. The van der Waals surface area contributed by atoms with E-state index in [1.165, 1.54) is 0 Å². The minimum atomic E-state index is 0.373. The maximum Gasteiger partial charge on any atom is 0.0765 e. The van der Waals surface area contributed by atoms with Crippen molar-refractivity contribution in [2.45, 2.75) is 25.5 Å². The summed E-state index contributed by atoms with van der Waals surface area (Å²) in [6, 6.07) is 0.513. The van der Waals surface area contributed by atoms with Gasteiger partial charge < -0.3 is 10.1 Å². The minimum Gasteiger partial charge on any atom is -0.375 e. The summed E-state index contributed by atoms with van der Waals surface area (Å²) in [6.07, 6.45) is 10.2. The van der Waals surface area contributed by atoms with Crippen molar-refractivity contribution in [3.8, 4) is 0 Å². The van der Waals surface area contributed by atoms with Crippen LogP contribution in [0.25, 0.3) is 0 Å². The highest BCUT2D eigenvalue weighted by atomic mass is 16.5. The third-order valence-electron chi connectivity index (χ3n) is 2.72. The first-order chi connectivity index (χ1) is 6.36. The van der Waals surface area contributed by atoms with Crippen molar-refractivity contribution < 1.29 is 4.74 Å². The maximum atomic E-state index is 5.78. The summed E-state index contributed by atoms with van der Waals surface area (Å²) in [5.74, 6) is 0.574. The molecule has 0 saturated carbocycles. The molecule has 1 saturated heterocycles. The highest BCUT2D eigenvalue weighted by molar-refractivity contribution is 5.12. The summed E-state index contributed by atoms with van der Waals surface area (Å²) >= 11 is 0. The van der Waals surface area contributed by atoms with Crippen molar-refractivity contribution in [3.63, 3.8) is 0 Å². The van der Waals surface area contributed by atoms with E-state index in [0.717, 1.165) is 19.6 Å². The van der Waals surface area contributed by atoms with E-state index < -0.39 is 0 Å². The van der Waals surface area contributed by atoms with Gasteiger partial charge in [0.1, 0.15) is 0 Å². The fraction of sp³-hybridized carbons (Fsp3) is 0.636. The largest absolute Gasteiger partial charge is 0.375 e. The van der Waals surface area contributed by atoms with Gasteiger partial charge in [-0.3, -0.25) is 0 Å². The fourth-order valence-electron chi connectivity index (χ4n) is 1.85. The molecule has 1 aliphatic heterocycles. The van der Waals surface area contributed by atoms with Crippen LogP contribution in [0.15, 0.2) is 24.3 Å². The van der Waals surface area contributed by atoms with E-state index in [-0.39, 0.29) is 0 Å². The molecule has 0 aromatic rings. The van der Waals surface area contributed by atoms with Crippen LogP contribution < -0.4 is 5.32 Å². The minimum absolute atomic E-state index is 0.373. The lowest BCUT2D eigenvalue weighted by molar-refractivity contribution is -0.0145. The summed E-state index contributed by atoms with van der Waals surface area (Å²) in [5.41, 5.74) is 0. The Kier molecular flexibility index (Phi) is 2.81. The molecule has 2 rings (SSSR count). The van der Waals surface area contributed by atoms with Gasteiger partial charge >= 0.3 is 0 Å². The highest BCUT2D eigenvalue weighted by Crippen LogP contribution is 2.20. The molecule has 1 N–H and O–H groups in total. The number of hydrogen-bond donors (Lipinski definition) is 1. The maximum absolute atomic E-state index is 5.78. The van der Waals surface area contributed by atoms with Crippen LogP contribution in [-0.4, -0.2) is 25.3 Å². The Hall–Kier alpha value is -0.600. The molecule has 2 heteroatoms. The molecule has 0 radical (unpaired) electrons. The third kappa shape index (κ3) is 2.20. The first-order valence-corrected chi connectivity index (χ1v) is 5.04. The zero-order valence-electron chi connectivity index (χ0n) is 8.07. The molecule has 0 aromatic carbocycles. The van der Waals surface area contributed by atoms with Crippen molar-refractivity contribution in [3.05, 3.63) is 24.3 Å². The number of morpholine rings is 1. The molecule has 3 atom stereocenters. The zero-order valence-corrected chi connectivity index (χ0v) is 8.07. The molecular formula is C11H17NO. The van der Waals surface area contributed by atoms with Crippen LogP contribution >= 0.6 is 0 Å². The lowest BCUT2D eigenvalue weighted by Crippen LogP contribution is -2.47. The van der Waals surface area contributed by atoms with Gasteiger partial charge in [-0.05, 0) is 13.3 Å². The number of allylic oxidation sites excluding steroid dienone is 3. The molecular weight excluding hydrogens is 162 g/mol. The topological polar surface area (TPSA) is 21.3 Å². The molecule has 0 spiro atoms. The average Bonchev–Trinajstić information content (AvgIpc) is 2.20. The molecule has 0 bridgehead atoms. The molecule has 1 fully saturated rings. The molecule has 0 amide bonds. The van der Waals surface area contributed by atoms with E-state index in [9.17, 15) is 0 Å². The third-order valence-corrected chi connectivity index (χ3v) is 2.72. The number of rotatable bonds is 1. The van der Waals surface area contributed by atoms with Crippen LogP contribution in [0.2, 0.25) is 0 Å². The number of ether oxygens (including phenoxy) is 1. The highest BCUT2D eigenvalue weighted by Gasteiger charge is 2.24. The van der Waals surface area contributed by atoms with Gasteiger partial charge in [-0.2, -0.15) is 0 Å². The Morgan fingerprint density at radius 2 is 2.31 bits per heavy atom. The first-order valence-electron chi connectivity index (χ1n) is 5.04. The van der Waals surface area contributed by atoms with Crippen molar-refractivity contribution >= 4 is 0 Å². The molecule has 13 heavy (non-hydrogen) atoms. The van der Waals surface area contributed by atoms with Crippen molar-refractivity contribution in [1.29, 1.82) is 0 Å². The number of nitrogens with one attached hydrogen (secondary N) is 1. The van der Waals surface area contributed by atoms with Gasteiger partial charge in [0.05, 0.1) is 12.7 Å². The van der Waals surface area contributed by atoms with Gasteiger partial charge in [0.15, 0.2) is 0 Å². The Bertz CT molecular complexity index is 214. The summed E-state index contributed by atoms with van der Waals surface area (Å²) in [5, 5.41) is 3.45. The van der Waals surface area contributed by atoms with Crippen molar-refractivity contribution in [2.75, 3.05) is 13.2 Å². The quantitative estimate of drug-likeness (QED) is 0.658. The van der Waals surface area contributed by atoms with Gasteiger partial charge in [-0.1, -0.05) is 24.3 Å². The van der Waals surface area contributed by atoms with Gasteiger partial charge in [0.2, 0.25) is 0 Å². The lowest BCUT2D eigenvalue weighted by atomic mass is 9.94. The second-order valence-electron chi connectivity index (χ2n) is 3.89. The second kappa shape index (κ2) is 4.07. The predicted molar refractivity (Wildman–Crippen MR) is 53.6 cm³/mol. The molecule has 72 valence electrons. The van der Waals surface area contributed by atoms with Crippen LogP contribution in [-0.2, 0) is 4.74 Å². The van der Waals surface area contributed by atoms with Crippen molar-refractivity contribution in [1.82, 2.24) is 5.32 Å². The normalized spacial score (nSPS) is 39.3. The number of hydrogen-bond acceptors (Lipinski definition) is 2. The molecule has 0 aromatic heterocycles. The van der Waals surface area contributed by atoms with Crippen LogP contribution in [0.4, 0.5) is 0 Å². The summed E-state index contributed by atoms with van der Waals surface area (Å²) in [6.45, 7) is 4.00. The van der Waals surface area contributed by atoms with E-state index in [4.69, 9.17) is 4.74 Å². The molecule has 2 aliphatic rings.